The highest BCUT2D eigenvalue weighted by Crippen LogP contribution is 2.42. The maximum atomic E-state index is 12.8. The fourth-order valence-corrected chi connectivity index (χ4v) is 5.13. The van der Waals surface area contributed by atoms with E-state index in [1.165, 1.54) is 5.56 Å². The number of amides is 1. The number of benzene rings is 1. The van der Waals surface area contributed by atoms with Gasteiger partial charge in [-0.25, -0.2) is 4.98 Å². The van der Waals surface area contributed by atoms with Gasteiger partial charge in [0.1, 0.15) is 5.82 Å². The molecule has 3 aliphatic rings. The molecule has 32 heavy (non-hydrogen) atoms. The molecule has 7 nitrogen and oxygen atoms in total. The van der Waals surface area contributed by atoms with E-state index in [4.69, 9.17) is 10.5 Å². The molecule has 1 amide bonds. The van der Waals surface area contributed by atoms with Crippen molar-refractivity contribution in [3.8, 4) is 11.1 Å². The zero-order valence-electron chi connectivity index (χ0n) is 18.6. The number of carbonyl (C=O) groups excluding carboxylic acids is 1. The minimum absolute atomic E-state index is 0.0712. The Kier molecular flexibility index (Phi) is 5.65. The van der Waals surface area contributed by atoms with Crippen molar-refractivity contribution in [1.29, 1.82) is 0 Å². The molecule has 7 heteroatoms. The van der Waals surface area contributed by atoms with Gasteiger partial charge in [-0.2, -0.15) is 0 Å². The molecule has 0 bridgehead atoms. The minimum atomic E-state index is -0.252. The largest absolute Gasteiger partial charge is 0.393 e. The number of likely N-dealkylation sites (tertiary alicyclic amines) is 1. The lowest BCUT2D eigenvalue weighted by atomic mass is 9.76. The first-order valence-corrected chi connectivity index (χ1v) is 11.6. The van der Waals surface area contributed by atoms with E-state index in [0.717, 1.165) is 63.1 Å². The molecule has 1 spiro atoms. The van der Waals surface area contributed by atoms with Crippen LogP contribution in [0, 0.1) is 5.41 Å². The number of pyridine rings is 1. The topological polar surface area (TPSA) is 101 Å². The van der Waals surface area contributed by atoms with Gasteiger partial charge in [-0.1, -0.05) is 24.3 Å². The third-order valence-electron chi connectivity index (χ3n) is 7.36. The number of hydrogen-bond acceptors (Lipinski definition) is 6. The highest BCUT2D eigenvalue weighted by atomic mass is 16.5. The van der Waals surface area contributed by atoms with Gasteiger partial charge in [0.15, 0.2) is 0 Å². The Morgan fingerprint density at radius 3 is 2.50 bits per heavy atom. The number of rotatable bonds is 5. The molecular formula is C25H32N4O3. The lowest BCUT2D eigenvalue weighted by Crippen LogP contribution is -2.66. The van der Waals surface area contributed by atoms with E-state index in [9.17, 15) is 9.90 Å². The van der Waals surface area contributed by atoms with Crippen LogP contribution in [0.2, 0.25) is 0 Å². The lowest BCUT2D eigenvalue weighted by Gasteiger charge is -2.57. The summed E-state index contributed by atoms with van der Waals surface area (Å²) in [6.07, 6.45) is 4.47. The van der Waals surface area contributed by atoms with E-state index in [-0.39, 0.29) is 23.9 Å². The second kappa shape index (κ2) is 8.46. The number of aromatic nitrogens is 1. The molecule has 170 valence electrons. The van der Waals surface area contributed by atoms with Gasteiger partial charge in [0.05, 0.1) is 24.9 Å². The number of carbonyl (C=O) groups is 1. The lowest BCUT2D eigenvalue weighted by molar-refractivity contribution is -0.197. The van der Waals surface area contributed by atoms with Crippen molar-refractivity contribution >= 4 is 11.7 Å². The maximum absolute atomic E-state index is 12.8. The Hall–Kier alpha value is -2.48. The summed E-state index contributed by atoms with van der Waals surface area (Å²) in [5.74, 6) is 0.0363. The van der Waals surface area contributed by atoms with Crippen molar-refractivity contribution < 1.29 is 14.6 Å². The molecule has 2 aromatic rings. The van der Waals surface area contributed by atoms with E-state index in [2.05, 4.69) is 46.4 Å². The predicted octanol–water partition coefficient (Wildman–Crippen LogP) is 2.76. The van der Waals surface area contributed by atoms with Crippen molar-refractivity contribution in [3.63, 3.8) is 0 Å². The number of nitrogens with zero attached hydrogens (tertiary/aromatic N) is 2. The van der Waals surface area contributed by atoms with Gasteiger partial charge in [-0.05, 0) is 49.8 Å². The van der Waals surface area contributed by atoms with Gasteiger partial charge in [0.25, 0.3) is 5.91 Å². The number of anilines is 1. The fourth-order valence-electron chi connectivity index (χ4n) is 5.13. The Balaban J connectivity index is 1.26. The summed E-state index contributed by atoms with van der Waals surface area (Å²) in [7, 11) is 0. The zero-order valence-corrected chi connectivity index (χ0v) is 18.6. The average molecular weight is 437 g/mol. The summed E-state index contributed by atoms with van der Waals surface area (Å²) >= 11 is 0. The smallest absolute Gasteiger partial charge is 0.255 e. The van der Waals surface area contributed by atoms with E-state index >= 15 is 0 Å². The number of ether oxygens (including phenoxy) is 1. The van der Waals surface area contributed by atoms with Gasteiger partial charge in [0.2, 0.25) is 0 Å². The summed E-state index contributed by atoms with van der Waals surface area (Å²) in [5.41, 5.74) is 10.0. The minimum Gasteiger partial charge on any atom is -0.393 e. The van der Waals surface area contributed by atoms with Crippen LogP contribution in [0.5, 0.6) is 0 Å². The molecule has 2 aliphatic heterocycles. The van der Waals surface area contributed by atoms with Crippen LogP contribution in [0.3, 0.4) is 0 Å². The molecular weight excluding hydrogens is 404 g/mol. The third kappa shape index (κ3) is 4.12. The summed E-state index contributed by atoms with van der Waals surface area (Å²) in [5, 5.41) is 12.7. The van der Waals surface area contributed by atoms with Crippen LogP contribution in [-0.2, 0) is 4.74 Å². The molecule has 3 heterocycles. The van der Waals surface area contributed by atoms with Gasteiger partial charge in [-0.3, -0.25) is 9.69 Å². The predicted molar refractivity (Wildman–Crippen MR) is 123 cm³/mol. The van der Waals surface area contributed by atoms with Crippen LogP contribution < -0.4 is 11.1 Å². The van der Waals surface area contributed by atoms with Crippen LogP contribution in [0.15, 0.2) is 36.5 Å². The highest BCUT2D eigenvalue weighted by Gasteiger charge is 2.50. The number of hydrogen-bond donors (Lipinski definition) is 3. The Morgan fingerprint density at radius 2 is 1.88 bits per heavy atom. The first-order valence-electron chi connectivity index (χ1n) is 11.6. The van der Waals surface area contributed by atoms with Crippen molar-refractivity contribution in [1.82, 2.24) is 15.2 Å². The first-order chi connectivity index (χ1) is 15.4. The third-order valence-corrected chi connectivity index (χ3v) is 7.36. The SMILES string of the molecule is C[C@H](c1ccc(-c2cnc(N)c(C(=O)N[C@H]3CC[C@H](O)CC3)c2)cc1)N1CC2(COC2)C1. The normalized spacial score (nSPS) is 25.6. The van der Waals surface area contributed by atoms with E-state index in [1.807, 2.05) is 6.07 Å². The first kappa shape index (κ1) is 21.4. The van der Waals surface area contributed by atoms with Crippen LogP contribution >= 0.6 is 0 Å². The molecule has 0 radical (unpaired) electrons. The number of aliphatic hydroxyl groups excluding tert-OH is 1. The molecule has 1 aromatic heterocycles. The molecule has 4 N–H and O–H groups in total. The van der Waals surface area contributed by atoms with Gasteiger partial charge < -0.3 is 20.9 Å². The summed E-state index contributed by atoms with van der Waals surface area (Å²) in [4.78, 5) is 19.6. The average Bonchev–Trinajstić information content (AvgIpc) is 2.74. The molecule has 1 aliphatic carbocycles. The Bertz CT molecular complexity index is 973. The second-order valence-electron chi connectivity index (χ2n) is 9.83. The molecule has 1 saturated carbocycles. The van der Waals surface area contributed by atoms with Crippen LogP contribution in [0.4, 0.5) is 5.82 Å². The molecule has 3 fully saturated rings. The molecule has 5 rings (SSSR count). The molecule has 1 atom stereocenters. The van der Waals surface area contributed by atoms with Crippen molar-refractivity contribution in [2.45, 2.75) is 50.8 Å². The van der Waals surface area contributed by atoms with Crippen LogP contribution in [-0.4, -0.2) is 59.3 Å². The Morgan fingerprint density at radius 1 is 1.19 bits per heavy atom. The van der Waals surface area contributed by atoms with Crippen LogP contribution in [0.1, 0.15) is 54.6 Å². The van der Waals surface area contributed by atoms with E-state index in [1.54, 1.807) is 6.20 Å². The van der Waals surface area contributed by atoms with Crippen molar-refractivity contribution in [2.24, 2.45) is 5.41 Å². The second-order valence-corrected chi connectivity index (χ2v) is 9.83. The fraction of sp³-hybridized carbons (Fsp3) is 0.520. The van der Waals surface area contributed by atoms with E-state index < -0.39 is 0 Å². The molecule has 1 aromatic carbocycles. The quantitative estimate of drug-likeness (QED) is 0.666. The highest BCUT2D eigenvalue weighted by molar-refractivity contribution is 5.99. The maximum Gasteiger partial charge on any atom is 0.255 e. The van der Waals surface area contributed by atoms with Crippen molar-refractivity contribution in [3.05, 3.63) is 47.7 Å². The number of nitrogens with one attached hydrogen (secondary N) is 1. The summed E-state index contributed by atoms with van der Waals surface area (Å²) in [6, 6.07) is 10.8. The monoisotopic (exact) mass is 436 g/mol. The number of nitrogen functional groups attached to an aromatic ring is 1. The van der Waals surface area contributed by atoms with Gasteiger partial charge in [0, 0.05) is 42.3 Å². The van der Waals surface area contributed by atoms with Crippen LogP contribution in [0.25, 0.3) is 11.1 Å². The number of aliphatic hydroxyl groups is 1. The number of nitrogens with two attached hydrogens (primary N) is 1. The summed E-state index contributed by atoms with van der Waals surface area (Å²) < 4.78 is 5.38. The van der Waals surface area contributed by atoms with E-state index in [0.29, 0.717) is 17.0 Å². The summed E-state index contributed by atoms with van der Waals surface area (Å²) in [6.45, 7) is 6.27. The Labute approximate surface area is 189 Å². The van der Waals surface area contributed by atoms with Crippen molar-refractivity contribution in [2.75, 3.05) is 32.0 Å². The zero-order chi connectivity index (χ0) is 22.3. The molecule has 0 unspecified atom stereocenters. The standard InChI is InChI=1S/C25H32N4O3/c1-16(29-12-25(13-29)14-32-15-25)17-2-4-18(5-3-17)19-10-22(23(26)27-11-19)24(31)28-20-6-8-21(30)9-7-20/h2-5,10-11,16,20-21,30H,6-9,12-15H2,1H3,(H2,26,27)(H,28,31)/t16-,20-,21-/m1/s1. The van der Waals surface area contributed by atoms with Gasteiger partial charge in [-0.15, -0.1) is 0 Å². The molecule has 2 saturated heterocycles. The van der Waals surface area contributed by atoms with Gasteiger partial charge >= 0.3 is 0 Å².